The first-order chi connectivity index (χ1) is 16.4. The van der Waals surface area contributed by atoms with Crippen molar-refractivity contribution in [3.05, 3.63) is 34.0 Å². The van der Waals surface area contributed by atoms with Gasteiger partial charge in [0, 0.05) is 17.3 Å². The van der Waals surface area contributed by atoms with Crippen LogP contribution < -0.4 is 5.32 Å². The van der Waals surface area contributed by atoms with Gasteiger partial charge in [-0.1, -0.05) is 6.92 Å². The van der Waals surface area contributed by atoms with Crippen molar-refractivity contribution in [2.24, 2.45) is 11.3 Å². The van der Waals surface area contributed by atoms with E-state index in [1.54, 1.807) is 24.6 Å². The van der Waals surface area contributed by atoms with Gasteiger partial charge in [-0.25, -0.2) is 15.0 Å². The lowest BCUT2D eigenvalue weighted by Crippen LogP contribution is -2.37. The van der Waals surface area contributed by atoms with Crippen LogP contribution in [0.15, 0.2) is 18.5 Å². The number of aliphatic hydroxyl groups excluding tert-OH is 2. The summed E-state index contributed by atoms with van der Waals surface area (Å²) in [6.45, 7) is 3.84. The zero-order chi connectivity index (χ0) is 23.6. The third kappa shape index (κ3) is 3.20. The van der Waals surface area contributed by atoms with E-state index in [2.05, 4.69) is 27.1 Å². The van der Waals surface area contributed by atoms with Gasteiger partial charge in [-0.3, -0.25) is 4.79 Å². The average molecular weight is 478 g/mol. The molecule has 3 aliphatic carbocycles. The van der Waals surface area contributed by atoms with E-state index in [9.17, 15) is 15.0 Å². The molecule has 0 aliphatic heterocycles. The lowest BCUT2D eigenvalue weighted by molar-refractivity contribution is -0.130. The van der Waals surface area contributed by atoms with Crippen LogP contribution in [0.3, 0.4) is 0 Å². The number of anilines is 1. The fourth-order valence-corrected chi connectivity index (χ4v) is 6.35. The number of carbonyl (C=O) groups is 1. The minimum atomic E-state index is -1.08. The van der Waals surface area contributed by atoms with Crippen molar-refractivity contribution in [2.75, 3.05) is 5.32 Å². The van der Waals surface area contributed by atoms with E-state index in [0.717, 1.165) is 17.7 Å². The molecule has 0 spiro atoms. The Labute approximate surface area is 201 Å². The number of aliphatic hydroxyl groups is 2. The molecule has 0 bridgehead atoms. The Kier molecular flexibility index (Phi) is 5.03. The lowest BCUT2D eigenvalue weighted by Gasteiger charge is -2.27. The number of thiophene rings is 1. The Hall–Kier alpha value is -2.80. The van der Waals surface area contributed by atoms with Crippen LogP contribution in [0.4, 0.5) is 5.82 Å². The molecule has 3 aromatic rings. The molecule has 3 saturated carbocycles. The smallest absolute Gasteiger partial charge is 0.209 e. The Morgan fingerprint density at radius 2 is 2.12 bits per heavy atom. The number of nitrogens with zero attached hydrogens (tertiary/aromatic N) is 4. The fourth-order valence-electron chi connectivity index (χ4n) is 5.63. The summed E-state index contributed by atoms with van der Waals surface area (Å²) in [6, 6.07) is 3.89. The van der Waals surface area contributed by atoms with Gasteiger partial charge in [-0.15, -0.1) is 11.3 Å². The summed E-state index contributed by atoms with van der Waals surface area (Å²) in [6.07, 6.45) is 3.78. The highest BCUT2D eigenvalue weighted by Crippen LogP contribution is 2.68. The molecular formula is C25H27N5O3S. The van der Waals surface area contributed by atoms with Crippen LogP contribution >= 0.6 is 11.3 Å². The number of nitrogens with one attached hydrogen (secondary N) is 1. The maximum atomic E-state index is 12.7. The summed E-state index contributed by atoms with van der Waals surface area (Å²) in [5.74, 6) is 7.13. The van der Waals surface area contributed by atoms with E-state index in [-0.39, 0.29) is 11.7 Å². The number of ketones is 1. The Balaban J connectivity index is 1.43. The van der Waals surface area contributed by atoms with Crippen molar-refractivity contribution in [1.29, 1.82) is 0 Å². The molecule has 3 heterocycles. The fraction of sp³-hybridized carbons (Fsp3) is 0.520. The summed E-state index contributed by atoms with van der Waals surface area (Å²) in [7, 11) is 0. The molecule has 0 amide bonds. The number of hydrogen-bond acceptors (Lipinski definition) is 8. The van der Waals surface area contributed by atoms with Crippen LogP contribution in [0.5, 0.6) is 0 Å². The summed E-state index contributed by atoms with van der Waals surface area (Å²) in [5, 5.41) is 25.2. The molecule has 3 aromatic heterocycles. The van der Waals surface area contributed by atoms with Crippen molar-refractivity contribution >= 4 is 34.1 Å². The van der Waals surface area contributed by atoms with Crippen molar-refractivity contribution in [3.63, 3.8) is 0 Å². The molecule has 3 N–H and O–H groups in total. The SMILES string of the molecule is CCC(=O)[C@@]12C[C@@H]1[C@@H](n1cnc3c(NC4CCC4)nc(C#Cc4ccc(C)s4)nc31)C(O)[C@H]2O. The third-order valence-electron chi connectivity index (χ3n) is 7.74. The number of aryl methyl sites for hydroxylation is 1. The Bertz CT molecular complexity index is 1350. The molecule has 176 valence electrons. The lowest BCUT2D eigenvalue weighted by atomic mass is 9.92. The molecule has 0 aromatic carbocycles. The van der Waals surface area contributed by atoms with E-state index in [1.165, 1.54) is 11.3 Å². The minimum Gasteiger partial charge on any atom is -0.389 e. The molecule has 1 unspecified atom stereocenters. The topological polar surface area (TPSA) is 113 Å². The highest BCUT2D eigenvalue weighted by Gasteiger charge is 2.74. The van der Waals surface area contributed by atoms with E-state index in [4.69, 9.17) is 4.98 Å². The highest BCUT2D eigenvalue weighted by atomic mass is 32.1. The van der Waals surface area contributed by atoms with E-state index in [0.29, 0.717) is 41.7 Å². The van der Waals surface area contributed by atoms with Gasteiger partial charge in [0.05, 0.1) is 28.8 Å². The number of hydrogen-bond donors (Lipinski definition) is 3. The number of imidazole rings is 1. The quantitative estimate of drug-likeness (QED) is 0.484. The summed E-state index contributed by atoms with van der Waals surface area (Å²) >= 11 is 1.62. The van der Waals surface area contributed by atoms with Crippen molar-refractivity contribution in [3.8, 4) is 11.8 Å². The van der Waals surface area contributed by atoms with Crippen LogP contribution in [0.2, 0.25) is 0 Å². The molecule has 0 saturated heterocycles. The first-order valence-corrected chi connectivity index (χ1v) is 12.7. The first kappa shape index (κ1) is 21.7. The van der Waals surface area contributed by atoms with Gasteiger partial charge < -0.3 is 20.1 Å². The van der Waals surface area contributed by atoms with Gasteiger partial charge in [0.25, 0.3) is 0 Å². The largest absolute Gasteiger partial charge is 0.389 e. The average Bonchev–Trinajstić information content (AvgIpc) is 3.05. The molecule has 8 nitrogen and oxygen atoms in total. The third-order valence-corrected chi connectivity index (χ3v) is 8.66. The van der Waals surface area contributed by atoms with Crippen LogP contribution in [-0.2, 0) is 4.79 Å². The minimum absolute atomic E-state index is 0.00994. The zero-order valence-electron chi connectivity index (χ0n) is 19.2. The predicted molar refractivity (Wildman–Crippen MR) is 129 cm³/mol. The van der Waals surface area contributed by atoms with Gasteiger partial charge in [-0.05, 0) is 62.5 Å². The second-order valence-corrected chi connectivity index (χ2v) is 11.0. The predicted octanol–water partition coefficient (Wildman–Crippen LogP) is 2.82. The van der Waals surface area contributed by atoms with E-state index in [1.807, 2.05) is 23.6 Å². The summed E-state index contributed by atoms with van der Waals surface area (Å²) in [4.78, 5) is 28.8. The number of fused-ring (bicyclic) bond motifs is 2. The molecular weight excluding hydrogens is 450 g/mol. The maximum absolute atomic E-state index is 12.7. The summed E-state index contributed by atoms with van der Waals surface area (Å²) < 4.78 is 1.82. The Morgan fingerprint density at radius 1 is 1.29 bits per heavy atom. The molecule has 9 heteroatoms. The first-order valence-electron chi connectivity index (χ1n) is 11.9. The zero-order valence-corrected chi connectivity index (χ0v) is 20.0. The van der Waals surface area contributed by atoms with E-state index >= 15 is 0 Å². The van der Waals surface area contributed by atoms with Gasteiger partial charge in [0.1, 0.15) is 11.9 Å². The van der Waals surface area contributed by atoms with Gasteiger partial charge in [0.2, 0.25) is 5.82 Å². The number of carbonyl (C=O) groups excluding carboxylic acids is 1. The normalized spacial score (nSPS) is 29.9. The van der Waals surface area contributed by atoms with Gasteiger partial charge in [0.15, 0.2) is 17.0 Å². The number of aromatic nitrogens is 4. The molecule has 3 aliphatic rings. The number of Topliss-reactive ketones (excluding diaryl/α,β-unsaturated/α-hetero) is 1. The molecule has 5 atom stereocenters. The van der Waals surface area contributed by atoms with Crippen molar-refractivity contribution < 1.29 is 15.0 Å². The van der Waals surface area contributed by atoms with Crippen LogP contribution in [-0.4, -0.2) is 53.8 Å². The molecule has 0 radical (unpaired) electrons. The van der Waals surface area contributed by atoms with Crippen LogP contribution in [0.25, 0.3) is 11.2 Å². The molecule has 6 rings (SSSR count). The second-order valence-electron chi connectivity index (χ2n) is 9.71. The Morgan fingerprint density at radius 3 is 2.79 bits per heavy atom. The van der Waals surface area contributed by atoms with Crippen LogP contribution in [0, 0.1) is 30.1 Å². The van der Waals surface area contributed by atoms with Gasteiger partial charge >= 0.3 is 0 Å². The van der Waals surface area contributed by atoms with Gasteiger partial charge in [-0.2, -0.15) is 0 Å². The second kappa shape index (κ2) is 7.87. The molecule has 3 fully saturated rings. The summed E-state index contributed by atoms with van der Waals surface area (Å²) in [5.41, 5.74) is 0.326. The van der Waals surface area contributed by atoms with Crippen LogP contribution in [0.1, 0.15) is 60.6 Å². The maximum Gasteiger partial charge on any atom is 0.209 e. The molecule has 34 heavy (non-hydrogen) atoms. The highest BCUT2D eigenvalue weighted by molar-refractivity contribution is 7.12. The van der Waals surface area contributed by atoms with Crippen molar-refractivity contribution in [1.82, 2.24) is 19.5 Å². The standard InChI is InChI=1S/C25H27N5O3S/c1-3-17(31)25-11-16(25)20(21(32)22(25)33)30-12-26-19-23(27-14-5-4-6-14)28-18(29-24(19)30)10-9-15-8-7-13(2)34-15/h7-8,12,14,16,20-22,32-33H,3-6,11H2,1-2H3,(H,27,28,29)/t16-,20-,21?,22-,25-/m1/s1. The monoisotopic (exact) mass is 477 g/mol. The van der Waals surface area contributed by atoms with Crippen molar-refractivity contribution in [2.45, 2.75) is 70.2 Å². The number of rotatable bonds is 5. The van der Waals surface area contributed by atoms with E-state index < -0.39 is 23.7 Å².